The molecule has 0 aromatic heterocycles. The minimum absolute atomic E-state index is 0.0460. The van der Waals surface area contributed by atoms with Gasteiger partial charge in [-0.25, -0.2) is 13.2 Å². The van der Waals surface area contributed by atoms with E-state index in [4.69, 9.17) is 16.3 Å². The van der Waals surface area contributed by atoms with Gasteiger partial charge >= 0.3 is 5.97 Å². The first kappa shape index (κ1) is 18.5. The SMILES string of the molecule is CN(C(=O)COC(=O)/C=C/c1ccccc1Cl)[C@H]1CCS(=O)(=O)C1. The van der Waals surface area contributed by atoms with Crippen LogP contribution in [0.25, 0.3) is 6.08 Å². The van der Waals surface area contributed by atoms with Gasteiger partial charge in [-0.3, -0.25) is 4.79 Å². The predicted molar refractivity (Wildman–Crippen MR) is 91.3 cm³/mol. The van der Waals surface area contributed by atoms with E-state index in [1.807, 2.05) is 0 Å². The highest BCUT2D eigenvalue weighted by Crippen LogP contribution is 2.17. The van der Waals surface area contributed by atoms with Crippen molar-refractivity contribution in [3.05, 3.63) is 40.9 Å². The first-order valence-corrected chi connectivity index (χ1v) is 9.54. The van der Waals surface area contributed by atoms with Crippen molar-refractivity contribution in [2.75, 3.05) is 25.2 Å². The summed E-state index contributed by atoms with van der Waals surface area (Å²) in [5, 5.41) is 0.500. The van der Waals surface area contributed by atoms with Gasteiger partial charge in [0.15, 0.2) is 16.4 Å². The molecule has 1 aromatic rings. The fourth-order valence-corrected chi connectivity index (χ4v) is 4.31. The molecule has 0 N–H and O–H groups in total. The first-order chi connectivity index (χ1) is 11.3. The summed E-state index contributed by atoms with van der Waals surface area (Å²) in [6.45, 7) is -0.432. The fourth-order valence-electron chi connectivity index (χ4n) is 2.34. The highest BCUT2D eigenvalue weighted by atomic mass is 35.5. The van der Waals surface area contributed by atoms with Gasteiger partial charge < -0.3 is 9.64 Å². The molecule has 1 fully saturated rings. The molecule has 0 bridgehead atoms. The Balaban J connectivity index is 1.83. The summed E-state index contributed by atoms with van der Waals surface area (Å²) in [5.74, 6) is -1.07. The van der Waals surface area contributed by atoms with Gasteiger partial charge in [0.25, 0.3) is 5.91 Å². The van der Waals surface area contributed by atoms with Crippen LogP contribution in [0.5, 0.6) is 0 Å². The lowest BCUT2D eigenvalue weighted by atomic mass is 10.2. The van der Waals surface area contributed by atoms with Gasteiger partial charge in [-0.2, -0.15) is 0 Å². The van der Waals surface area contributed by atoms with Crippen LogP contribution >= 0.6 is 11.6 Å². The van der Waals surface area contributed by atoms with E-state index in [0.29, 0.717) is 17.0 Å². The van der Waals surface area contributed by atoms with Crippen LogP contribution < -0.4 is 0 Å². The Kier molecular flexibility index (Phi) is 6.01. The van der Waals surface area contributed by atoms with Crippen LogP contribution in [0.4, 0.5) is 0 Å². The third-order valence-electron chi connectivity index (χ3n) is 3.79. The number of sulfone groups is 1. The molecule has 6 nitrogen and oxygen atoms in total. The smallest absolute Gasteiger partial charge is 0.331 e. The molecule has 0 radical (unpaired) electrons. The minimum atomic E-state index is -3.07. The maximum Gasteiger partial charge on any atom is 0.331 e. The van der Waals surface area contributed by atoms with Crippen molar-refractivity contribution in [1.82, 2.24) is 4.90 Å². The standard InChI is InChI=1S/C16H18ClNO5S/c1-18(13-8-9-24(21,22)11-13)15(19)10-23-16(20)7-6-12-4-2-3-5-14(12)17/h2-7,13H,8-11H2,1H3/b7-6+/t13-/m0/s1. The number of carbonyl (C=O) groups is 2. The van der Waals surface area contributed by atoms with Crippen molar-refractivity contribution in [2.45, 2.75) is 12.5 Å². The maximum absolute atomic E-state index is 12.0. The van der Waals surface area contributed by atoms with Gasteiger partial charge in [-0.1, -0.05) is 29.8 Å². The van der Waals surface area contributed by atoms with E-state index in [9.17, 15) is 18.0 Å². The highest BCUT2D eigenvalue weighted by molar-refractivity contribution is 7.91. The van der Waals surface area contributed by atoms with Crippen LogP contribution in [0.15, 0.2) is 30.3 Å². The largest absolute Gasteiger partial charge is 0.452 e. The third kappa shape index (κ3) is 5.07. The molecule has 1 aromatic carbocycles. The number of hydrogen-bond acceptors (Lipinski definition) is 5. The molecule has 8 heteroatoms. The average Bonchev–Trinajstić information content (AvgIpc) is 2.91. The van der Waals surface area contributed by atoms with Gasteiger partial charge in [-0.15, -0.1) is 0 Å². The van der Waals surface area contributed by atoms with Crippen molar-refractivity contribution >= 4 is 39.4 Å². The molecule has 1 amide bonds. The van der Waals surface area contributed by atoms with Crippen LogP contribution in [0, 0.1) is 0 Å². The van der Waals surface area contributed by atoms with Crippen molar-refractivity contribution in [3.8, 4) is 0 Å². The Morgan fingerprint density at radius 1 is 1.38 bits per heavy atom. The molecule has 0 unspecified atom stereocenters. The Labute approximate surface area is 146 Å². The Hall–Kier alpha value is -1.86. The van der Waals surface area contributed by atoms with Crippen molar-refractivity contribution in [1.29, 1.82) is 0 Å². The second-order valence-corrected chi connectivity index (χ2v) is 8.16. The molecule has 1 aliphatic heterocycles. The van der Waals surface area contributed by atoms with E-state index in [2.05, 4.69) is 0 Å². The molecule has 1 heterocycles. The van der Waals surface area contributed by atoms with Gasteiger partial charge in [0.05, 0.1) is 11.5 Å². The Morgan fingerprint density at radius 3 is 2.71 bits per heavy atom. The molecule has 0 saturated carbocycles. The van der Waals surface area contributed by atoms with E-state index in [-0.39, 0.29) is 17.5 Å². The second kappa shape index (κ2) is 7.81. The zero-order valence-corrected chi connectivity index (χ0v) is 14.7. The molecule has 0 spiro atoms. The maximum atomic E-state index is 12.0. The lowest BCUT2D eigenvalue weighted by molar-refractivity contribution is -0.148. The molecule has 1 saturated heterocycles. The number of likely N-dealkylation sites (N-methyl/N-ethyl adjacent to an activating group) is 1. The lowest BCUT2D eigenvalue weighted by Gasteiger charge is -2.22. The zero-order chi connectivity index (χ0) is 17.7. The highest BCUT2D eigenvalue weighted by Gasteiger charge is 2.32. The minimum Gasteiger partial charge on any atom is -0.452 e. The normalized spacial score (nSPS) is 19.3. The van der Waals surface area contributed by atoms with Crippen LogP contribution in [0.1, 0.15) is 12.0 Å². The molecule has 2 rings (SSSR count). The molecule has 1 atom stereocenters. The van der Waals surface area contributed by atoms with E-state index in [1.165, 1.54) is 24.1 Å². The Bertz CT molecular complexity index is 759. The van der Waals surface area contributed by atoms with Gasteiger partial charge in [0, 0.05) is 24.2 Å². The number of hydrogen-bond donors (Lipinski definition) is 0. The van der Waals surface area contributed by atoms with E-state index < -0.39 is 28.3 Å². The number of halogens is 1. The zero-order valence-electron chi connectivity index (χ0n) is 13.1. The average molecular weight is 372 g/mol. The number of benzene rings is 1. The summed E-state index contributed by atoms with van der Waals surface area (Å²) in [4.78, 5) is 25.0. The number of esters is 1. The van der Waals surface area contributed by atoms with Crippen molar-refractivity contribution in [3.63, 3.8) is 0 Å². The van der Waals surface area contributed by atoms with E-state index in [0.717, 1.165) is 0 Å². The van der Waals surface area contributed by atoms with Crippen LogP contribution in [-0.2, 0) is 24.2 Å². The molecule has 1 aliphatic rings. The molecular formula is C16H18ClNO5S. The number of amides is 1. The van der Waals surface area contributed by atoms with Crippen LogP contribution in [0.3, 0.4) is 0 Å². The summed E-state index contributed by atoms with van der Waals surface area (Å²) in [6, 6.07) is 6.63. The summed E-state index contributed by atoms with van der Waals surface area (Å²) < 4.78 is 27.8. The molecule has 0 aliphatic carbocycles. The third-order valence-corrected chi connectivity index (χ3v) is 5.89. The van der Waals surface area contributed by atoms with E-state index in [1.54, 1.807) is 24.3 Å². The van der Waals surface area contributed by atoms with Gasteiger partial charge in [-0.05, 0) is 24.1 Å². The summed E-state index contributed by atoms with van der Waals surface area (Å²) in [6.07, 6.45) is 3.10. The van der Waals surface area contributed by atoms with Gasteiger partial charge in [0.2, 0.25) is 0 Å². The number of carbonyl (C=O) groups excluding carboxylic acids is 2. The quantitative estimate of drug-likeness (QED) is 0.579. The molecule has 24 heavy (non-hydrogen) atoms. The summed E-state index contributed by atoms with van der Waals surface area (Å²) in [7, 11) is -1.56. The molecular weight excluding hydrogens is 354 g/mol. The molecule has 130 valence electrons. The Morgan fingerprint density at radius 2 is 2.08 bits per heavy atom. The predicted octanol–water partition coefficient (Wildman–Crippen LogP) is 1.54. The number of rotatable bonds is 5. The fraction of sp³-hybridized carbons (Fsp3) is 0.375. The summed E-state index contributed by atoms with van der Waals surface area (Å²) in [5.41, 5.74) is 0.663. The number of ether oxygens (including phenoxy) is 1. The second-order valence-electron chi connectivity index (χ2n) is 5.52. The van der Waals surface area contributed by atoms with E-state index >= 15 is 0 Å². The van der Waals surface area contributed by atoms with Gasteiger partial charge in [0.1, 0.15) is 0 Å². The first-order valence-electron chi connectivity index (χ1n) is 7.34. The monoisotopic (exact) mass is 371 g/mol. The lowest BCUT2D eigenvalue weighted by Crippen LogP contribution is -2.40. The topological polar surface area (TPSA) is 80.8 Å². The van der Waals surface area contributed by atoms with Crippen molar-refractivity contribution in [2.24, 2.45) is 0 Å². The number of nitrogens with zero attached hydrogens (tertiary/aromatic N) is 1. The van der Waals surface area contributed by atoms with Crippen LogP contribution in [0.2, 0.25) is 5.02 Å². The van der Waals surface area contributed by atoms with Crippen LogP contribution in [-0.4, -0.2) is 56.4 Å². The van der Waals surface area contributed by atoms with Crippen molar-refractivity contribution < 1.29 is 22.7 Å². The summed E-state index contributed by atoms with van der Waals surface area (Å²) >= 11 is 5.96.